The number of aromatic nitrogens is 2. The molecule has 0 aliphatic rings. The van der Waals surface area contributed by atoms with Crippen LogP contribution in [0.1, 0.15) is 26.4 Å². The molecule has 0 fully saturated rings. The number of amides is 1. The van der Waals surface area contributed by atoms with Crippen molar-refractivity contribution in [3.63, 3.8) is 0 Å². The molecule has 0 spiro atoms. The van der Waals surface area contributed by atoms with Gasteiger partial charge in [0.1, 0.15) is 5.69 Å². The molecule has 1 amide bonds. The number of hydrogen-bond donors (Lipinski definition) is 4. The number of anilines is 1. The minimum absolute atomic E-state index is 0.00812. The number of imidazole rings is 1. The van der Waals surface area contributed by atoms with Crippen LogP contribution in [0.15, 0.2) is 29.2 Å². The van der Waals surface area contributed by atoms with Crippen LogP contribution in [0.4, 0.5) is 5.69 Å². The van der Waals surface area contributed by atoms with Crippen LogP contribution in [0.5, 0.6) is 0 Å². The van der Waals surface area contributed by atoms with Gasteiger partial charge in [-0.1, -0.05) is 11.6 Å². The number of rotatable bonds is 3. The highest BCUT2D eigenvalue weighted by Crippen LogP contribution is 2.18. The van der Waals surface area contributed by atoms with Crippen LogP contribution in [0.2, 0.25) is 0 Å². The molecule has 0 unspecified atom stereocenters. The third-order valence-corrected chi connectivity index (χ3v) is 2.49. The molecular weight excluding hydrogens is 250 g/mol. The summed E-state index contributed by atoms with van der Waals surface area (Å²) in [6.45, 7) is 1.75. The van der Waals surface area contributed by atoms with E-state index in [9.17, 15) is 14.4 Å². The van der Waals surface area contributed by atoms with E-state index in [0.717, 1.165) is 5.56 Å². The molecule has 1 heterocycles. The maximum Gasteiger partial charge on any atom is 0.337 e. The predicted octanol–water partition coefficient (Wildman–Crippen LogP) is 0.962. The fourth-order valence-electron chi connectivity index (χ4n) is 1.59. The lowest BCUT2D eigenvalue weighted by molar-refractivity contribution is 0.0698. The minimum atomic E-state index is -1.14. The molecule has 2 rings (SSSR count). The summed E-state index contributed by atoms with van der Waals surface area (Å²) in [5.41, 5.74) is 0.455. The second-order valence-electron chi connectivity index (χ2n) is 3.96. The second-order valence-corrected chi connectivity index (χ2v) is 3.96. The summed E-state index contributed by atoms with van der Waals surface area (Å²) < 4.78 is 0. The number of carbonyl (C=O) groups is 2. The van der Waals surface area contributed by atoms with Gasteiger partial charge < -0.3 is 20.4 Å². The van der Waals surface area contributed by atoms with Crippen LogP contribution >= 0.6 is 0 Å². The molecular formula is C12H11N3O4. The largest absolute Gasteiger partial charge is 0.478 e. The quantitative estimate of drug-likeness (QED) is 0.658. The highest BCUT2D eigenvalue weighted by Gasteiger charge is 2.14. The van der Waals surface area contributed by atoms with Gasteiger partial charge in [-0.3, -0.25) is 4.79 Å². The Morgan fingerprint density at radius 3 is 2.63 bits per heavy atom. The number of hydrogen-bond acceptors (Lipinski definition) is 3. The van der Waals surface area contributed by atoms with Crippen LogP contribution in [0.3, 0.4) is 0 Å². The molecule has 0 atom stereocenters. The van der Waals surface area contributed by atoms with Crippen LogP contribution < -0.4 is 11.0 Å². The van der Waals surface area contributed by atoms with Gasteiger partial charge in [-0.15, -0.1) is 0 Å². The van der Waals surface area contributed by atoms with Gasteiger partial charge in [-0.2, -0.15) is 0 Å². The maximum atomic E-state index is 11.8. The highest BCUT2D eigenvalue weighted by molar-refractivity contribution is 6.06. The molecule has 0 saturated heterocycles. The van der Waals surface area contributed by atoms with Gasteiger partial charge in [-0.25, -0.2) is 9.59 Å². The van der Waals surface area contributed by atoms with Crippen molar-refractivity contribution < 1.29 is 14.7 Å². The Hall–Kier alpha value is -2.83. The van der Waals surface area contributed by atoms with Gasteiger partial charge in [-0.05, 0) is 19.1 Å². The highest BCUT2D eigenvalue weighted by atomic mass is 16.4. The first-order valence-corrected chi connectivity index (χ1v) is 5.40. The van der Waals surface area contributed by atoms with E-state index in [4.69, 9.17) is 5.11 Å². The number of nitrogens with one attached hydrogen (secondary N) is 3. The van der Waals surface area contributed by atoms with Gasteiger partial charge in [0.15, 0.2) is 0 Å². The average molecular weight is 261 g/mol. The number of H-pyrrole nitrogens is 2. The van der Waals surface area contributed by atoms with E-state index in [0.29, 0.717) is 0 Å². The molecule has 98 valence electrons. The third kappa shape index (κ3) is 2.71. The maximum absolute atomic E-state index is 11.8. The van der Waals surface area contributed by atoms with E-state index in [2.05, 4.69) is 15.3 Å². The van der Waals surface area contributed by atoms with E-state index in [1.165, 1.54) is 18.3 Å². The Morgan fingerprint density at radius 1 is 1.32 bits per heavy atom. The summed E-state index contributed by atoms with van der Waals surface area (Å²) in [4.78, 5) is 38.3. The van der Waals surface area contributed by atoms with Gasteiger partial charge in [0.2, 0.25) is 0 Å². The van der Waals surface area contributed by atoms with Crippen molar-refractivity contribution >= 4 is 17.6 Å². The van der Waals surface area contributed by atoms with Gasteiger partial charge in [0.25, 0.3) is 5.91 Å². The van der Waals surface area contributed by atoms with E-state index < -0.39 is 17.6 Å². The first-order chi connectivity index (χ1) is 8.97. The summed E-state index contributed by atoms with van der Waals surface area (Å²) in [5.74, 6) is -1.73. The fourth-order valence-corrected chi connectivity index (χ4v) is 1.59. The Balaban J connectivity index is 2.31. The zero-order valence-electron chi connectivity index (χ0n) is 9.98. The van der Waals surface area contributed by atoms with Crippen LogP contribution in [0.25, 0.3) is 0 Å². The number of aromatic amines is 2. The molecule has 2 aromatic rings. The second kappa shape index (κ2) is 4.81. The Morgan fingerprint density at radius 2 is 2.05 bits per heavy atom. The normalized spacial score (nSPS) is 10.2. The molecule has 1 aromatic carbocycles. The number of carboxylic acid groups (broad SMARTS) is 1. The lowest BCUT2D eigenvalue weighted by atomic mass is 10.1. The van der Waals surface area contributed by atoms with Crippen LogP contribution in [0, 0.1) is 6.92 Å². The summed E-state index contributed by atoms with van der Waals surface area (Å²) in [6, 6.07) is 4.64. The lowest BCUT2D eigenvalue weighted by Gasteiger charge is -2.08. The van der Waals surface area contributed by atoms with Crippen molar-refractivity contribution in [3.05, 3.63) is 51.7 Å². The summed E-state index contributed by atoms with van der Waals surface area (Å²) in [6.07, 6.45) is 1.21. The molecule has 0 saturated carbocycles. The number of carbonyl (C=O) groups excluding carboxylic acids is 1. The molecule has 4 N–H and O–H groups in total. The van der Waals surface area contributed by atoms with Crippen LogP contribution in [-0.4, -0.2) is 27.0 Å². The number of carboxylic acids is 1. The fraction of sp³-hybridized carbons (Fsp3) is 0.0833. The predicted molar refractivity (Wildman–Crippen MR) is 67.5 cm³/mol. The van der Waals surface area contributed by atoms with Crippen molar-refractivity contribution in [2.45, 2.75) is 6.92 Å². The lowest BCUT2D eigenvalue weighted by Crippen LogP contribution is -2.16. The van der Waals surface area contributed by atoms with Crippen molar-refractivity contribution in [1.82, 2.24) is 9.97 Å². The van der Waals surface area contributed by atoms with E-state index >= 15 is 0 Å². The number of benzene rings is 1. The Labute approximate surface area is 107 Å². The molecule has 1 aromatic heterocycles. The van der Waals surface area contributed by atoms with Gasteiger partial charge >= 0.3 is 11.7 Å². The third-order valence-electron chi connectivity index (χ3n) is 2.49. The SMILES string of the molecule is Cc1ccc(NC(=O)c2c[nH]c(=O)[nH]2)c(C(=O)O)c1. The molecule has 0 radical (unpaired) electrons. The van der Waals surface area contributed by atoms with Crippen molar-refractivity contribution in [2.75, 3.05) is 5.32 Å². The zero-order chi connectivity index (χ0) is 14.0. The van der Waals surface area contributed by atoms with E-state index in [-0.39, 0.29) is 16.9 Å². The van der Waals surface area contributed by atoms with Gasteiger partial charge in [0, 0.05) is 6.20 Å². The summed E-state index contributed by atoms with van der Waals surface area (Å²) in [7, 11) is 0. The van der Waals surface area contributed by atoms with E-state index in [1.54, 1.807) is 13.0 Å². The van der Waals surface area contributed by atoms with Crippen molar-refractivity contribution in [3.8, 4) is 0 Å². The first kappa shape index (κ1) is 12.6. The number of aryl methyl sites for hydroxylation is 1. The molecule has 0 aliphatic heterocycles. The van der Waals surface area contributed by atoms with E-state index in [1.807, 2.05) is 0 Å². The minimum Gasteiger partial charge on any atom is -0.478 e. The molecule has 7 heteroatoms. The smallest absolute Gasteiger partial charge is 0.337 e. The van der Waals surface area contributed by atoms with Gasteiger partial charge in [0.05, 0.1) is 11.3 Å². The standard InChI is InChI=1S/C12H11N3O4/c1-6-2-3-8(7(4-6)11(17)18)14-10(16)9-5-13-12(19)15-9/h2-5H,1H3,(H,14,16)(H,17,18)(H2,13,15,19). The molecule has 19 heavy (non-hydrogen) atoms. The molecule has 0 aliphatic carbocycles. The van der Waals surface area contributed by atoms with Crippen molar-refractivity contribution in [1.29, 1.82) is 0 Å². The first-order valence-electron chi connectivity index (χ1n) is 5.40. The summed E-state index contributed by atoms with van der Waals surface area (Å²) in [5, 5.41) is 11.5. The average Bonchev–Trinajstić information content (AvgIpc) is 2.78. The number of aromatic carboxylic acids is 1. The topological polar surface area (TPSA) is 115 Å². The Kier molecular flexibility index (Phi) is 3.19. The zero-order valence-corrected chi connectivity index (χ0v) is 9.98. The van der Waals surface area contributed by atoms with Crippen LogP contribution in [-0.2, 0) is 0 Å². The molecule has 7 nitrogen and oxygen atoms in total. The Bertz CT molecular complexity index is 699. The molecule has 0 bridgehead atoms. The monoisotopic (exact) mass is 261 g/mol. The summed E-state index contributed by atoms with van der Waals surface area (Å²) >= 11 is 0. The van der Waals surface area contributed by atoms with Crippen molar-refractivity contribution in [2.24, 2.45) is 0 Å².